The third-order valence-corrected chi connectivity index (χ3v) is 3.02. The van der Waals surface area contributed by atoms with Gasteiger partial charge >= 0.3 is 0 Å². The monoisotopic (exact) mass is 378 g/mol. The quantitative estimate of drug-likeness (QED) is 0.542. The van der Waals surface area contributed by atoms with Crippen LogP contribution in [0.25, 0.3) is 0 Å². The lowest BCUT2D eigenvalue weighted by atomic mass is 10.0. The average molecular weight is 379 g/mol. The molecule has 27 heavy (non-hydrogen) atoms. The summed E-state index contributed by atoms with van der Waals surface area (Å²) in [4.78, 5) is 23.8. The van der Waals surface area contributed by atoms with Gasteiger partial charge in [0.05, 0.1) is 18.9 Å². The van der Waals surface area contributed by atoms with Crippen molar-refractivity contribution in [1.29, 1.82) is 0 Å². The number of hydrazine groups is 1. The highest BCUT2D eigenvalue weighted by Gasteiger charge is 2.39. The summed E-state index contributed by atoms with van der Waals surface area (Å²) in [5.74, 6) is -0.850. The van der Waals surface area contributed by atoms with E-state index in [1.807, 2.05) is 39.0 Å². The van der Waals surface area contributed by atoms with Crippen molar-refractivity contribution in [3.63, 3.8) is 0 Å². The standard InChI is InChI=1S/C13H16N2O2.2C3H6.C2H6O2/c1-2-3-9-11-12(16)14-15(13(11)17)10-7-5-4-6-8-10;2*1-3-2;3-1-2-4/h4-8,11H,2-3,9H2,1H3,(H,14,16);2*3H,1H2,2H3;3-4H,1-2H2. The highest BCUT2D eigenvalue weighted by Crippen LogP contribution is 2.22. The van der Waals surface area contributed by atoms with E-state index in [1.54, 1.807) is 24.3 Å². The van der Waals surface area contributed by atoms with E-state index in [0.717, 1.165) is 12.8 Å². The second-order valence-corrected chi connectivity index (χ2v) is 5.44. The fourth-order valence-electron chi connectivity index (χ4n) is 1.94. The summed E-state index contributed by atoms with van der Waals surface area (Å²) in [6.45, 7) is 12.3. The number of anilines is 1. The second-order valence-electron chi connectivity index (χ2n) is 5.44. The molecule has 1 aromatic carbocycles. The molecule has 152 valence electrons. The molecular weight excluding hydrogens is 344 g/mol. The maximum absolute atomic E-state index is 12.1. The van der Waals surface area contributed by atoms with Crippen LogP contribution in [-0.2, 0) is 9.59 Å². The van der Waals surface area contributed by atoms with Gasteiger partial charge in [0.2, 0.25) is 0 Å². The van der Waals surface area contributed by atoms with E-state index in [0.29, 0.717) is 12.1 Å². The lowest BCUT2D eigenvalue weighted by Crippen LogP contribution is -2.35. The number of nitrogens with one attached hydrogen (secondary N) is 1. The van der Waals surface area contributed by atoms with Crippen LogP contribution >= 0.6 is 0 Å². The zero-order chi connectivity index (χ0) is 21.1. The largest absolute Gasteiger partial charge is 0.394 e. The molecule has 6 nitrogen and oxygen atoms in total. The molecule has 0 saturated carbocycles. The van der Waals surface area contributed by atoms with Crippen molar-refractivity contribution >= 4 is 17.5 Å². The molecule has 2 amide bonds. The van der Waals surface area contributed by atoms with Crippen LogP contribution in [0.4, 0.5) is 5.69 Å². The minimum atomic E-state index is -0.518. The number of allylic oxidation sites excluding steroid dienone is 2. The van der Waals surface area contributed by atoms with Crippen molar-refractivity contribution in [2.45, 2.75) is 40.0 Å². The molecule has 2 rings (SSSR count). The van der Waals surface area contributed by atoms with E-state index >= 15 is 0 Å². The number of rotatable bonds is 5. The SMILES string of the molecule is C=CC.C=CC.CCCCC1C(=O)NN(c2ccccc2)C1=O.OCCO. The lowest BCUT2D eigenvalue weighted by molar-refractivity contribution is -0.127. The van der Waals surface area contributed by atoms with Crippen LogP contribution < -0.4 is 10.4 Å². The molecule has 6 heteroatoms. The molecule has 0 spiro atoms. The minimum Gasteiger partial charge on any atom is -0.394 e. The molecule has 1 aromatic rings. The number of aliphatic hydroxyl groups is 2. The predicted molar refractivity (Wildman–Crippen MR) is 111 cm³/mol. The molecule has 0 aromatic heterocycles. The summed E-state index contributed by atoms with van der Waals surface area (Å²) >= 11 is 0. The van der Waals surface area contributed by atoms with Crippen LogP contribution in [0, 0.1) is 5.92 Å². The fourth-order valence-corrected chi connectivity index (χ4v) is 1.94. The first-order chi connectivity index (χ1) is 13.0. The molecule has 0 radical (unpaired) electrons. The number of aliphatic hydroxyl groups excluding tert-OH is 2. The van der Waals surface area contributed by atoms with Crippen molar-refractivity contribution in [3.8, 4) is 0 Å². The number of carbonyl (C=O) groups is 2. The average Bonchev–Trinajstić information content (AvgIpc) is 2.96. The molecular formula is C21H34N2O4. The maximum Gasteiger partial charge on any atom is 0.258 e. The van der Waals surface area contributed by atoms with Gasteiger partial charge in [-0.15, -0.1) is 13.2 Å². The molecule has 1 unspecified atom stereocenters. The van der Waals surface area contributed by atoms with Crippen LogP contribution in [-0.4, -0.2) is 35.2 Å². The van der Waals surface area contributed by atoms with E-state index in [1.165, 1.54) is 5.01 Å². The molecule has 1 aliphatic rings. The third-order valence-electron chi connectivity index (χ3n) is 3.02. The van der Waals surface area contributed by atoms with E-state index in [4.69, 9.17) is 10.2 Å². The van der Waals surface area contributed by atoms with Gasteiger partial charge in [-0.1, -0.05) is 50.1 Å². The smallest absolute Gasteiger partial charge is 0.258 e. The Bertz CT molecular complexity index is 524. The first-order valence-corrected chi connectivity index (χ1v) is 9.04. The number of benzene rings is 1. The highest BCUT2D eigenvalue weighted by molar-refractivity contribution is 6.14. The number of carbonyl (C=O) groups excluding carboxylic acids is 2. The Kier molecular flexibility index (Phi) is 18.2. The molecule has 0 aliphatic carbocycles. The topological polar surface area (TPSA) is 89.9 Å². The van der Waals surface area contributed by atoms with Gasteiger partial charge in [-0.25, -0.2) is 5.01 Å². The van der Waals surface area contributed by atoms with Gasteiger partial charge in [-0.3, -0.25) is 15.0 Å². The van der Waals surface area contributed by atoms with Crippen LogP contribution in [0.5, 0.6) is 0 Å². The number of para-hydroxylation sites is 1. The number of unbranched alkanes of at least 4 members (excludes halogenated alkanes) is 1. The first-order valence-electron chi connectivity index (χ1n) is 9.04. The van der Waals surface area contributed by atoms with Crippen LogP contribution in [0.15, 0.2) is 55.6 Å². The lowest BCUT2D eigenvalue weighted by Gasteiger charge is -2.14. The predicted octanol–water partition coefficient (Wildman–Crippen LogP) is 3.23. The van der Waals surface area contributed by atoms with E-state index in [-0.39, 0.29) is 25.0 Å². The highest BCUT2D eigenvalue weighted by atomic mass is 16.3. The summed E-state index contributed by atoms with van der Waals surface area (Å²) < 4.78 is 0. The molecule has 1 saturated heterocycles. The third kappa shape index (κ3) is 11.7. The molecule has 1 aliphatic heterocycles. The minimum absolute atomic E-state index is 0.125. The van der Waals surface area contributed by atoms with Crippen molar-refractivity contribution in [2.75, 3.05) is 18.2 Å². The number of hydrogen-bond acceptors (Lipinski definition) is 4. The van der Waals surface area contributed by atoms with Gasteiger partial charge in [-0.05, 0) is 32.4 Å². The Morgan fingerprint density at radius 1 is 1.07 bits per heavy atom. The molecule has 1 fully saturated rings. The summed E-state index contributed by atoms with van der Waals surface area (Å²) in [6.07, 6.45) is 6.01. The molecule has 1 atom stereocenters. The van der Waals surface area contributed by atoms with Crippen LogP contribution in [0.3, 0.4) is 0 Å². The van der Waals surface area contributed by atoms with Crippen LogP contribution in [0.2, 0.25) is 0 Å². The van der Waals surface area contributed by atoms with E-state index in [2.05, 4.69) is 18.6 Å². The van der Waals surface area contributed by atoms with Gasteiger partial charge in [0.25, 0.3) is 11.8 Å². The number of amides is 2. The number of hydrogen-bond donors (Lipinski definition) is 3. The Morgan fingerprint density at radius 2 is 1.56 bits per heavy atom. The Morgan fingerprint density at radius 3 is 1.96 bits per heavy atom. The zero-order valence-electron chi connectivity index (χ0n) is 16.7. The van der Waals surface area contributed by atoms with Crippen molar-refractivity contribution in [3.05, 3.63) is 55.6 Å². The fraction of sp³-hybridized carbons (Fsp3) is 0.429. The van der Waals surface area contributed by atoms with Gasteiger partial charge in [0, 0.05) is 0 Å². The summed E-state index contributed by atoms with van der Waals surface area (Å²) in [5, 5.41) is 16.6. The molecule has 3 N–H and O–H groups in total. The maximum atomic E-state index is 12.1. The zero-order valence-corrected chi connectivity index (χ0v) is 16.7. The molecule has 0 bridgehead atoms. The van der Waals surface area contributed by atoms with Crippen molar-refractivity contribution in [1.82, 2.24) is 5.43 Å². The number of nitrogens with zero attached hydrogens (tertiary/aromatic N) is 1. The summed E-state index contributed by atoms with van der Waals surface area (Å²) in [5.41, 5.74) is 3.34. The van der Waals surface area contributed by atoms with Crippen molar-refractivity contribution < 1.29 is 19.8 Å². The summed E-state index contributed by atoms with van der Waals surface area (Å²) in [6, 6.07) is 9.17. The summed E-state index contributed by atoms with van der Waals surface area (Å²) in [7, 11) is 0. The Labute approximate surface area is 163 Å². The first kappa shape index (κ1) is 26.8. The Balaban J connectivity index is 0. The van der Waals surface area contributed by atoms with Gasteiger partial charge < -0.3 is 10.2 Å². The normalized spacial score (nSPS) is 14.4. The van der Waals surface area contributed by atoms with Gasteiger partial charge in [-0.2, -0.15) is 0 Å². The van der Waals surface area contributed by atoms with E-state index < -0.39 is 5.92 Å². The molecule has 1 heterocycles. The Hall–Kier alpha value is -2.44. The van der Waals surface area contributed by atoms with Gasteiger partial charge in [0.15, 0.2) is 0 Å². The van der Waals surface area contributed by atoms with Crippen LogP contribution in [0.1, 0.15) is 40.0 Å². The van der Waals surface area contributed by atoms with E-state index in [9.17, 15) is 9.59 Å². The van der Waals surface area contributed by atoms with Gasteiger partial charge in [0.1, 0.15) is 5.92 Å². The second kappa shape index (κ2) is 18.4. The van der Waals surface area contributed by atoms with Crippen molar-refractivity contribution in [2.24, 2.45) is 5.92 Å².